The number of fused-ring (bicyclic) bond motifs is 5. The van der Waals surface area contributed by atoms with Crippen molar-refractivity contribution in [3.63, 3.8) is 0 Å². The summed E-state index contributed by atoms with van der Waals surface area (Å²) in [5.74, 6) is 3.25. The number of hydrogen-bond donors (Lipinski definition) is 1. The van der Waals surface area contributed by atoms with Crippen LogP contribution < -0.4 is 9.88 Å². The molecule has 5 unspecified atom stereocenters. The van der Waals surface area contributed by atoms with Gasteiger partial charge < -0.3 is 4.74 Å². The van der Waals surface area contributed by atoms with Crippen LogP contribution in [0.15, 0.2) is 48.5 Å². The summed E-state index contributed by atoms with van der Waals surface area (Å²) in [6.07, 6.45) is 7.74. The molecule has 0 aromatic heterocycles. The van der Waals surface area contributed by atoms with Gasteiger partial charge in [-0.3, -0.25) is 9.32 Å². The first kappa shape index (κ1) is 19.5. The van der Waals surface area contributed by atoms with Crippen LogP contribution in [0.4, 0.5) is 0 Å². The van der Waals surface area contributed by atoms with E-state index in [1.54, 1.807) is 5.56 Å². The Morgan fingerprint density at radius 3 is 2.76 bits per heavy atom. The maximum atomic E-state index is 6.09. The average Bonchev–Trinajstić information content (AvgIpc) is 3.09. The summed E-state index contributed by atoms with van der Waals surface area (Å²) < 4.78 is 12.0. The zero-order valence-corrected chi connectivity index (χ0v) is 18.0. The molecule has 2 saturated carbocycles. The molecule has 0 aliphatic heterocycles. The van der Waals surface area contributed by atoms with E-state index < -0.39 is 0 Å². The summed E-state index contributed by atoms with van der Waals surface area (Å²) in [4.78, 5) is 0. The van der Waals surface area contributed by atoms with E-state index in [-0.39, 0.29) is 0 Å². The maximum Gasteiger partial charge on any atom is 0.120 e. The number of hydrogen-bond acceptors (Lipinski definition) is 4. The van der Waals surface area contributed by atoms with E-state index in [1.165, 1.54) is 43.2 Å². The molecule has 0 radical (unpaired) electrons. The molecule has 5 rings (SSSR count). The van der Waals surface area contributed by atoms with Crippen molar-refractivity contribution in [3.8, 4) is 5.75 Å². The van der Waals surface area contributed by atoms with Crippen molar-refractivity contribution >= 4 is 12.2 Å². The van der Waals surface area contributed by atoms with Gasteiger partial charge in [0, 0.05) is 0 Å². The molecule has 3 aliphatic rings. The quantitative estimate of drug-likeness (QED) is 0.484. The Kier molecular flexibility index (Phi) is 5.35. The molecule has 5 atom stereocenters. The summed E-state index contributed by atoms with van der Waals surface area (Å²) >= 11 is 1.06. The first-order valence-corrected chi connectivity index (χ1v) is 11.8. The van der Waals surface area contributed by atoms with E-state index in [1.807, 2.05) is 6.07 Å². The van der Waals surface area contributed by atoms with Crippen molar-refractivity contribution in [1.82, 2.24) is 0 Å². The molecule has 2 aromatic carbocycles. The van der Waals surface area contributed by atoms with E-state index in [2.05, 4.69) is 49.4 Å². The van der Waals surface area contributed by atoms with Crippen LogP contribution in [-0.4, -0.2) is 6.10 Å². The first-order chi connectivity index (χ1) is 14.2. The van der Waals surface area contributed by atoms with Crippen LogP contribution in [0.25, 0.3) is 0 Å². The lowest BCUT2D eigenvalue weighted by Crippen LogP contribution is -2.44. The molecule has 3 nitrogen and oxygen atoms in total. The van der Waals surface area contributed by atoms with Gasteiger partial charge in [-0.15, -0.1) is 0 Å². The molecule has 154 valence electrons. The molecule has 2 fully saturated rings. The summed E-state index contributed by atoms with van der Waals surface area (Å²) in [5, 5.41) is 5.64. The zero-order valence-electron chi connectivity index (χ0n) is 17.2. The maximum absolute atomic E-state index is 6.09. The Bertz CT molecular complexity index is 857. The fourth-order valence-electron chi connectivity index (χ4n) is 6.57. The summed E-state index contributed by atoms with van der Waals surface area (Å²) in [5.41, 5.74) is 4.59. The molecule has 0 amide bonds. The third kappa shape index (κ3) is 3.49. The van der Waals surface area contributed by atoms with Gasteiger partial charge in [0.15, 0.2) is 0 Å². The van der Waals surface area contributed by atoms with Gasteiger partial charge in [-0.25, -0.2) is 0 Å². The summed E-state index contributed by atoms with van der Waals surface area (Å²) in [6, 6.07) is 17.2. The van der Waals surface area contributed by atoms with Crippen LogP contribution in [0.3, 0.4) is 0 Å². The lowest BCUT2D eigenvalue weighted by atomic mass is 9.55. The fraction of sp³-hybridized carbons (Fsp3) is 0.520. The van der Waals surface area contributed by atoms with Crippen molar-refractivity contribution in [1.29, 1.82) is 0 Å². The van der Waals surface area contributed by atoms with E-state index >= 15 is 0 Å². The minimum Gasteiger partial charge on any atom is -0.489 e. The fourth-order valence-corrected chi connectivity index (χ4v) is 7.02. The Morgan fingerprint density at radius 2 is 1.93 bits per heavy atom. The first-order valence-electron chi connectivity index (χ1n) is 11.0. The van der Waals surface area contributed by atoms with Crippen molar-refractivity contribution < 1.29 is 8.92 Å². The lowest BCUT2D eigenvalue weighted by molar-refractivity contribution is -0.00287. The molecular formula is C25H31NO2S. The van der Waals surface area contributed by atoms with E-state index in [0.29, 0.717) is 24.0 Å². The molecule has 0 heterocycles. The second-order valence-corrected chi connectivity index (χ2v) is 9.74. The van der Waals surface area contributed by atoms with Crippen LogP contribution in [0, 0.1) is 17.3 Å². The van der Waals surface area contributed by atoms with Gasteiger partial charge >= 0.3 is 0 Å². The van der Waals surface area contributed by atoms with Crippen LogP contribution in [0.2, 0.25) is 0 Å². The van der Waals surface area contributed by atoms with Crippen molar-refractivity contribution in [2.24, 2.45) is 22.4 Å². The molecule has 2 N–H and O–H groups in total. The average molecular weight is 410 g/mol. The van der Waals surface area contributed by atoms with Crippen molar-refractivity contribution in [3.05, 3.63) is 65.2 Å². The van der Waals surface area contributed by atoms with E-state index in [0.717, 1.165) is 36.2 Å². The standard InChI is InChI=1S/C25H31NO2S/c1-25-14-13-21-20-10-8-19(27-16-17-5-3-2-4-6-17)15-18(20)7-9-22(21)23(25)11-12-24(25)28-29-26/h2-6,8,10,15,21-24H,7,9,11-14,16,26H2,1H3. The topological polar surface area (TPSA) is 44.5 Å². The third-order valence-electron chi connectivity index (χ3n) is 8.03. The second-order valence-electron chi connectivity index (χ2n) is 9.35. The van der Waals surface area contributed by atoms with Gasteiger partial charge in [0.05, 0.1) is 18.3 Å². The van der Waals surface area contributed by atoms with Crippen molar-refractivity contribution in [2.45, 2.75) is 64.1 Å². The predicted octanol–water partition coefficient (Wildman–Crippen LogP) is 6.03. The van der Waals surface area contributed by atoms with Crippen LogP contribution >= 0.6 is 12.2 Å². The minimum atomic E-state index is 0.295. The Morgan fingerprint density at radius 1 is 1.07 bits per heavy atom. The normalized spacial score (nSPS) is 32.9. The van der Waals surface area contributed by atoms with Gasteiger partial charge in [-0.2, -0.15) is 0 Å². The van der Waals surface area contributed by atoms with E-state index in [4.69, 9.17) is 14.1 Å². The van der Waals surface area contributed by atoms with Gasteiger partial charge in [0.25, 0.3) is 0 Å². The molecule has 0 spiro atoms. The van der Waals surface area contributed by atoms with Gasteiger partial charge in [-0.1, -0.05) is 43.3 Å². The van der Waals surface area contributed by atoms with Gasteiger partial charge in [-0.05, 0) is 90.5 Å². The minimum absolute atomic E-state index is 0.295. The highest BCUT2D eigenvalue weighted by Crippen LogP contribution is 2.61. The number of benzene rings is 2. The smallest absolute Gasteiger partial charge is 0.120 e. The number of rotatable bonds is 5. The second kappa shape index (κ2) is 7.98. The highest BCUT2D eigenvalue weighted by Gasteiger charge is 2.55. The molecule has 29 heavy (non-hydrogen) atoms. The van der Waals surface area contributed by atoms with E-state index in [9.17, 15) is 0 Å². The number of nitrogens with two attached hydrogens (primary N) is 1. The SMILES string of the molecule is CC12CCC3c4ccc(OCc5ccccc5)cc4CCC3C1CCC2OSN. The van der Waals surface area contributed by atoms with Gasteiger partial charge in [0.2, 0.25) is 0 Å². The highest BCUT2D eigenvalue weighted by molar-refractivity contribution is 7.92. The van der Waals surface area contributed by atoms with Crippen LogP contribution in [0.1, 0.15) is 61.6 Å². The molecule has 3 aliphatic carbocycles. The Labute approximate surface area is 178 Å². The number of aryl methyl sites for hydroxylation is 1. The largest absolute Gasteiger partial charge is 0.489 e. The zero-order chi connectivity index (χ0) is 19.8. The molecular weight excluding hydrogens is 378 g/mol. The number of ether oxygens (including phenoxy) is 1. The van der Waals surface area contributed by atoms with Crippen LogP contribution in [0.5, 0.6) is 5.75 Å². The molecule has 0 saturated heterocycles. The Hall–Kier alpha value is -1.49. The summed E-state index contributed by atoms with van der Waals surface area (Å²) in [7, 11) is 0. The van der Waals surface area contributed by atoms with Gasteiger partial charge in [0.1, 0.15) is 12.4 Å². The monoisotopic (exact) mass is 409 g/mol. The molecule has 4 heteroatoms. The third-order valence-corrected chi connectivity index (χ3v) is 8.37. The summed E-state index contributed by atoms with van der Waals surface area (Å²) in [6.45, 7) is 3.09. The molecule has 2 aromatic rings. The Balaban J connectivity index is 1.32. The molecule has 0 bridgehead atoms. The van der Waals surface area contributed by atoms with Crippen LogP contribution in [-0.2, 0) is 17.2 Å². The predicted molar refractivity (Wildman–Crippen MR) is 118 cm³/mol. The van der Waals surface area contributed by atoms with Crippen molar-refractivity contribution in [2.75, 3.05) is 0 Å². The highest BCUT2D eigenvalue weighted by atomic mass is 32.2. The lowest BCUT2D eigenvalue weighted by Gasteiger charge is -2.50.